The Bertz CT molecular complexity index is 1310. The third-order valence-electron chi connectivity index (χ3n) is 4.99. The molecule has 31 heavy (non-hydrogen) atoms. The molecule has 0 aliphatic heterocycles. The number of thiophene rings is 1. The highest BCUT2D eigenvalue weighted by Gasteiger charge is 2.22. The number of hydrogen-bond donors (Lipinski definition) is 1. The van der Waals surface area contributed by atoms with Gasteiger partial charge in [-0.1, -0.05) is 42.5 Å². The van der Waals surface area contributed by atoms with Crippen LogP contribution in [0.15, 0.2) is 84.6 Å². The quantitative estimate of drug-likeness (QED) is 0.434. The predicted molar refractivity (Wildman–Crippen MR) is 122 cm³/mol. The van der Waals surface area contributed by atoms with Gasteiger partial charge in [0.2, 0.25) is 0 Å². The lowest BCUT2D eigenvalue weighted by atomic mass is 10.1. The third-order valence-corrected chi connectivity index (χ3v) is 5.89. The Balaban J connectivity index is 1.57. The van der Waals surface area contributed by atoms with Gasteiger partial charge in [-0.25, -0.2) is 9.67 Å². The largest absolute Gasteiger partial charge is 0.346 e. The molecule has 1 amide bonds. The molecule has 0 radical (unpaired) electrons. The molecule has 4 aromatic heterocycles. The maximum absolute atomic E-state index is 13.2. The van der Waals surface area contributed by atoms with Gasteiger partial charge in [-0.2, -0.15) is 5.10 Å². The highest BCUT2D eigenvalue weighted by molar-refractivity contribution is 7.13. The van der Waals surface area contributed by atoms with Gasteiger partial charge in [0.1, 0.15) is 0 Å². The van der Waals surface area contributed by atoms with E-state index in [0.29, 0.717) is 24.4 Å². The molecule has 0 fully saturated rings. The van der Waals surface area contributed by atoms with E-state index < -0.39 is 0 Å². The Hall–Kier alpha value is -3.84. The first kappa shape index (κ1) is 19.1. The van der Waals surface area contributed by atoms with Gasteiger partial charge < -0.3 is 5.32 Å². The van der Waals surface area contributed by atoms with Crippen molar-refractivity contribution in [2.75, 3.05) is 0 Å². The van der Waals surface area contributed by atoms with Crippen LogP contribution in [-0.2, 0) is 13.1 Å². The zero-order valence-electron chi connectivity index (χ0n) is 16.6. The zero-order chi connectivity index (χ0) is 21.0. The van der Waals surface area contributed by atoms with Crippen molar-refractivity contribution in [3.8, 4) is 10.4 Å². The monoisotopic (exact) mass is 425 g/mol. The molecule has 0 saturated heterocycles. The van der Waals surface area contributed by atoms with E-state index in [1.165, 1.54) is 0 Å². The van der Waals surface area contributed by atoms with E-state index in [1.807, 2.05) is 66.0 Å². The van der Waals surface area contributed by atoms with Crippen molar-refractivity contribution >= 4 is 28.3 Å². The maximum atomic E-state index is 13.2. The minimum atomic E-state index is -0.230. The Morgan fingerprint density at radius 1 is 0.968 bits per heavy atom. The van der Waals surface area contributed by atoms with Crippen molar-refractivity contribution in [3.05, 3.63) is 101 Å². The van der Waals surface area contributed by atoms with E-state index in [9.17, 15) is 4.79 Å². The van der Waals surface area contributed by atoms with Crippen molar-refractivity contribution in [3.63, 3.8) is 0 Å². The number of carbonyl (C=O) groups is 1. The van der Waals surface area contributed by atoms with Crippen molar-refractivity contribution in [2.45, 2.75) is 13.1 Å². The average molecular weight is 426 g/mol. The number of benzene rings is 1. The van der Waals surface area contributed by atoms with Gasteiger partial charge >= 0.3 is 0 Å². The van der Waals surface area contributed by atoms with Crippen LogP contribution < -0.4 is 5.32 Å². The smallest absolute Gasteiger partial charge is 0.272 e. The lowest BCUT2D eigenvalue weighted by Crippen LogP contribution is -2.23. The third kappa shape index (κ3) is 3.95. The number of amides is 1. The van der Waals surface area contributed by atoms with E-state index in [1.54, 1.807) is 34.6 Å². The number of hydrogen-bond acceptors (Lipinski definition) is 5. The fourth-order valence-corrected chi connectivity index (χ4v) is 4.29. The molecular weight excluding hydrogens is 406 g/mol. The van der Waals surface area contributed by atoms with Gasteiger partial charge in [-0.3, -0.25) is 9.78 Å². The molecule has 0 bridgehead atoms. The molecule has 7 heteroatoms. The lowest BCUT2D eigenvalue weighted by Gasteiger charge is -2.05. The number of nitrogens with zero attached hydrogens (tertiary/aromatic N) is 4. The molecule has 5 rings (SSSR count). The standard InChI is InChI=1S/C24H19N5OS/c30-24(27-15-18-8-4-11-25-14-18)22-21-19(20-9-5-13-31-20)10-12-26-23(21)29(28-22)16-17-6-2-1-3-7-17/h1-14H,15-16H2,(H,27,30). The second-order valence-electron chi connectivity index (χ2n) is 7.07. The first-order valence-electron chi connectivity index (χ1n) is 9.90. The number of aromatic nitrogens is 4. The number of rotatable bonds is 6. The molecule has 4 heterocycles. The SMILES string of the molecule is O=C(NCc1cccnc1)c1nn(Cc2ccccc2)c2nccc(-c3cccs3)c12. The van der Waals surface area contributed by atoms with Gasteiger partial charge in [0.15, 0.2) is 11.3 Å². The minimum Gasteiger partial charge on any atom is -0.346 e. The summed E-state index contributed by atoms with van der Waals surface area (Å²) in [5.41, 5.74) is 4.07. The zero-order valence-corrected chi connectivity index (χ0v) is 17.4. The molecule has 6 nitrogen and oxygen atoms in total. The number of pyridine rings is 2. The van der Waals surface area contributed by atoms with Gasteiger partial charge in [0, 0.05) is 35.6 Å². The molecule has 1 N–H and O–H groups in total. The minimum absolute atomic E-state index is 0.230. The van der Waals surface area contributed by atoms with E-state index in [2.05, 4.69) is 15.3 Å². The molecular formula is C24H19N5OS. The van der Waals surface area contributed by atoms with Crippen LogP contribution in [0.2, 0.25) is 0 Å². The summed E-state index contributed by atoms with van der Waals surface area (Å²) in [6.45, 7) is 0.919. The summed E-state index contributed by atoms with van der Waals surface area (Å²) in [6, 6.07) is 19.8. The van der Waals surface area contributed by atoms with Crippen molar-refractivity contribution in [2.24, 2.45) is 0 Å². The van der Waals surface area contributed by atoms with Gasteiger partial charge in [-0.05, 0) is 34.7 Å². The normalized spacial score (nSPS) is 11.0. The van der Waals surface area contributed by atoms with Gasteiger partial charge in [0.25, 0.3) is 5.91 Å². The molecule has 0 atom stereocenters. The van der Waals surface area contributed by atoms with Gasteiger partial charge in [-0.15, -0.1) is 11.3 Å². The summed E-state index contributed by atoms with van der Waals surface area (Å²) < 4.78 is 1.81. The molecule has 1 aromatic carbocycles. The number of nitrogens with one attached hydrogen (secondary N) is 1. The Morgan fingerprint density at radius 3 is 2.61 bits per heavy atom. The highest BCUT2D eigenvalue weighted by Crippen LogP contribution is 2.33. The van der Waals surface area contributed by atoms with Crippen molar-refractivity contribution < 1.29 is 4.79 Å². The topological polar surface area (TPSA) is 72.7 Å². The second kappa shape index (κ2) is 8.49. The van der Waals surface area contributed by atoms with E-state index >= 15 is 0 Å². The molecule has 152 valence electrons. The fourth-order valence-electron chi connectivity index (χ4n) is 3.53. The molecule has 0 saturated carbocycles. The summed E-state index contributed by atoms with van der Waals surface area (Å²) in [6.07, 6.45) is 5.23. The summed E-state index contributed by atoms with van der Waals surface area (Å²) >= 11 is 1.63. The van der Waals surface area contributed by atoms with E-state index in [-0.39, 0.29) is 5.91 Å². The fraction of sp³-hybridized carbons (Fsp3) is 0.0833. The van der Waals surface area contributed by atoms with Crippen LogP contribution in [0.25, 0.3) is 21.5 Å². The molecule has 0 aliphatic rings. The first-order valence-corrected chi connectivity index (χ1v) is 10.8. The Morgan fingerprint density at radius 2 is 1.84 bits per heavy atom. The molecule has 0 unspecified atom stereocenters. The summed E-state index contributed by atoms with van der Waals surface area (Å²) in [5, 5.41) is 10.5. The molecule has 5 aromatic rings. The average Bonchev–Trinajstić information content (AvgIpc) is 3.48. The van der Waals surface area contributed by atoms with Crippen LogP contribution in [0.3, 0.4) is 0 Å². The molecule has 0 aliphatic carbocycles. The summed E-state index contributed by atoms with van der Waals surface area (Å²) in [7, 11) is 0. The maximum Gasteiger partial charge on any atom is 0.272 e. The van der Waals surface area contributed by atoms with Crippen LogP contribution in [0.1, 0.15) is 21.6 Å². The lowest BCUT2D eigenvalue weighted by molar-refractivity contribution is 0.0946. The van der Waals surface area contributed by atoms with E-state index in [0.717, 1.165) is 27.0 Å². The number of carbonyl (C=O) groups excluding carboxylic acids is 1. The Kier molecular flexibility index (Phi) is 5.24. The molecule has 0 spiro atoms. The van der Waals surface area contributed by atoms with Gasteiger partial charge in [0.05, 0.1) is 11.9 Å². The Labute approximate surface area is 183 Å². The van der Waals surface area contributed by atoms with Crippen LogP contribution in [0, 0.1) is 0 Å². The number of fused-ring (bicyclic) bond motifs is 1. The van der Waals surface area contributed by atoms with Crippen molar-refractivity contribution in [1.29, 1.82) is 0 Å². The van der Waals surface area contributed by atoms with Crippen molar-refractivity contribution in [1.82, 2.24) is 25.1 Å². The second-order valence-corrected chi connectivity index (χ2v) is 8.02. The summed E-state index contributed by atoms with van der Waals surface area (Å²) in [5.74, 6) is -0.230. The van der Waals surface area contributed by atoms with Crippen LogP contribution in [0.4, 0.5) is 0 Å². The predicted octanol–water partition coefficient (Wildman–Crippen LogP) is 4.53. The first-order chi connectivity index (χ1) is 15.3. The van der Waals surface area contributed by atoms with Crippen LogP contribution in [-0.4, -0.2) is 25.7 Å². The van der Waals surface area contributed by atoms with Crippen LogP contribution in [0.5, 0.6) is 0 Å². The van der Waals surface area contributed by atoms with E-state index in [4.69, 9.17) is 5.10 Å². The summed E-state index contributed by atoms with van der Waals surface area (Å²) in [4.78, 5) is 23.0. The van der Waals surface area contributed by atoms with Crippen LogP contribution >= 0.6 is 11.3 Å². The highest BCUT2D eigenvalue weighted by atomic mass is 32.1.